The number of fused-ring (bicyclic) bond motifs is 1. The Kier molecular flexibility index (Phi) is 5.22. The molecule has 2 heterocycles. The van der Waals surface area contributed by atoms with Crippen LogP contribution in [0.1, 0.15) is 37.3 Å². The summed E-state index contributed by atoms with van der Waals surface area (Å²) in [6, 6.07) is 5.74. The Bertz CT molecular complexity index is 711. The van der Waals surface area contributed by atoms with Crippen molar-refractivity contribution in [2.24, 2.45) is 0 Å². The number of hydrogen-bond acceptors (Lipinski definition) is 4. The largest absolute Gasteiger partial charge is 0.368 e. The molecule has 2 aliphatic heterocycles. The third kappa shape index (κ3) is 3.79. The number of sulfonamides is 1. The molecule has 24 heavy (non-hydrogen) atoms. The normalized spacial score (nSPS) is 21.5. The molecule has 2 aliphatic rings. The number of nitrogens with one attached hydrogen (secondary N) is 1. The number of anilines is 1. The summed E-state index contributed by atoms with van der Waals surface area (Å²) >= 11 is 0. The van der Waals surface area contributed by atoms with Crippen molar-refractivity contribution in [1.82, 2.24) is 4.31 Å². The van der Waals surface area contributed by atoms with Gasteiger partial charge in [0.15, 0.2) is 0 Å². The molecule has 6 nitrogen and oxygen atoms in total. The van der Waals surface area contributed by atoms with Crippen LogP contribution in [0.15, 0.2) is 18.2 Å². The highest BCUT2D eigenvalue weighted by Gasteiger charge is 2.27. The first-order valence-electron chi connectivity index (χ1n) is 8.51. The monoisotopic (exact) mass is 352 g/mol. The van der Waals surface area contributed by atoms with Crippen molar-refractivity contribution < 1.29 is 17.9 Å². The maximum atomic E-state index is 12.3. The maximum Gasteiger partial charge on any atom is 0.253 e. The van der Waals surface area contributed by atoms with E-state index in [1.807, 2.05) is 25.1 Å². The molecule has 1 amide bonds. The van der Waals surface area contributed by atoms with E-state index in [0.29, 0.717) is 38.2 Å². The van der Waals surface area contributed by atoms with Crippen molar-refractivity contribution >= 4 is 21.6 Å². The van der Waals surface area contributed by atoms with Crippen LogP contribution in [0.5, 0.6) is 0 Å². The van der Waals surface area contributed by atoms with Crippen LogP contribution in [-0.2, 0) is 32.5 Å². The highest BCUT2D eigenvalue weighted by atomic mass is 32.2. The van der Waals surface area contributed by atoms with Gasteiger partial charge in [-0.1, -0.05) is 13.0 Å². The Morgan fingerprint density at radius 3 is 2.92 bits per heavy atom. The van der Waals surface area contributed by atoms with E-state index in [-0.39, 0.29) is 17.8 Å². The molecule has 132 valence electrons. The molecule has 1 fully saturated rings. The molecule has 0 aromatic heterocycles. The standard InChI is InChI=1S/C17H24N2O4S/c1-2-10-24(21,22)19-8-7-13-5-6-15(11-14(13)12-19)18-17(20)16-4-3-9-23-16/h5-6,11,16H,2-4,7-10,12H2,1H3,(H,18,20). The molecule has 7 heteroatoms. The van der Waals surface area contributed by atoms with Crippen LogP contribution in [0, 0.1) is 0 Å². The van der Waals surface area contributed by atoms with Gasteiger partial charge in [0.25, 0.3) is 5.91 Å². The zero-order valence-electron chi connectivity index (χ0n) is 14.0. The lowest BCUT2D eigenvalue weighted by molar-refractivity contribution is -0.124. The summed E-state index contributed by atoms with van der Waals surface area (Å²) in [7, 11) is -3.20. The Hall–Kier alpha value is -1.44. The number of ether oxygens (including phenoxy) is 1. The third-order valence-electron chi connectivity index (χ3n) is 4.53. The Morgan fingerprint density at radius 2 is 2.21 bits per heavy atom. The first-order valence-corrected chi connectivity index (χ1v) is 10.1. The van der Waals surface area contributed by atoms with E-state index in [1.54, 1.807) is 4.31 Å². The summed E-state index contributed by atoms with van der Waals surface area (Å²) in [5.74, 6) is 0.0522. The van der Waals surface area contributed by atoms with Crippen LogP contribution in [0.25, 0.3) is 0 Å². The predicted molar refractivity (Wildman–Crippen MR) is 92.2 cm³/mol. The summed E-state index contributed by atoms with van der Waals surface area (Å²) in [5.41, 5.74) is 2.81. The molecule has 3 rings (SSSR count). The summed E-state index contributed by atoms with van der Waals surface area (Å²) < 4.78 is 31.5. The van der Waals surface area contributed by atoms with Gasteiger partial charge in [0.1, 0.15) is 6.10 Å². The van der Waals surface area contributed by atoms with Crippen LogP contribution >= 0.6 is 0 Å². The summed E-state index contributed by atoms with van der Waals surface area (Å²) in [6.45, 7) is 3.40. The van der Waals surface area contributed by atoms with Gasteiger partial charge in [-0.25, -0.2) is 8.42 Å². The summed E-state index contributed by atoms with van der Waals surface area (Å²) in [6.07, 6.45) is 2.61. The van der Waals surface area contributed by atoms with Crippen molar-refractivity contribution in [3.05, 3.63) is 29.3 Å². The van der Waals surface area contributed by atoms with Gasteiger partial charge in [-0.3, -0.25) is 4.79 Å². The highest BCUT2D eigenvalue weighted by molar-refractivity contribution is 7.89. The van der Waals surface area contributed by atoms with Crippen molar-refractivity contribution in [2.75, 3.05) is 24.2 Å². The second-order valence-electron chi connectivity index (χ2n) is 6.37. The van der Waals surface area contributed by atoms with Gasteiger partial charge in [-0.15, -0.1) is 0 Å². The Morgan fingerprint density at radius 1 is 1.38 bits per heavy atom. The van der Waals surface area contributed by atoms with Crippen molar-refractivity contribution in [3.8, 4) is 0 Å². The van der Waals surface area contributed by atoms with Gasteiger partial charge in [0, 0.05) is 25.4 Å². The average Bonchev–Trinajstić information content (AvgIpc) is 3.08. The highest BCUT2D eigenvalue weighted by Crippen LogP contribution is 2.25. The molecule has 0 bridgehead atoms. The minimum atomic E-state index is -3.20. The fraction of sp³-hybridized carbons (Fsp3) is 0.588. The van der Waals surface area contributed by atoms with Crippen LogP contribution in [0.4, 0.5) is 5.69 Å². The number of nitrogens with zero attached hydrogens (tertiary/aromatic N) is 1. The van der Waals surface area contributed by atoms with Crippen LogP contribution in [-0.4, -0.2) is 43.6 Å². The number of rotatable bonds is 5. The molecule has 1 aromatic carbocycles. The molecular weight excluding hydrogens is 328 g/mol. The van der Waals surface area contributed by atoms with E-state index in [0.717, 1.165) is 24.0 Å². The van der Waals surface area contributed by atoms with Crippen molar-refractivity contribution in [2.45, 2.75) is 45.3 Å². The van der Waals surface area contributed by atoms with Gasteiger partial charge < -0.3 is 10.1 Å². The topological polar surface area (TPSA) is 75.7 Å². The zero-order valence-corrected chi connectivity index (χ0v) is 14.8. The third-order valence-corrected chi connectivity index (χ3v) is 6.55. The molecule has 1 N–H and O–H groups in total. The minimum absolute atomic E-state index is 0.126. The molecule has 0 saturated carbocycles. The van der Waals surface area contributed by atoms with Gasteiger partial charge in [0.2, 0.25) is 10.0 Å². The first-order chi connectivity index (χ1) is 11.5. The molecule has 1 saturated heterocycles. The van der Waals surface area contributed by atoms with Crippen molar-refractivity contribution in [1.29, 1.82) is 0 Å². The second-order valence-corrected chi connectivity index (χ2v) is 8.46. The molecule has 1 atom stereocenters. The van der Waals surface area contributed by atoms with Gasteiger partial charge >= 0.3 is 0 Å². The van der Waals surface area contributed by atoms with Crippen LogP contribution < -0.4 is 5.32 Å². The van der Waals surface area contributed by atoms with E-state index < -0.39 is 10.0 Å². The zero-order chi connectivity index (χ0) is 17.2. The minimum Gasteiger partial charge on any atom is -0.368 e. The molecule has 1 unspecified atom stereocenters. The van der Waals surface area contributed by atoms with E-state index in [2.05, 4.69) is 5.32 Å². The molecular formula is C17H24N2O4S. The quantitative estimate of drug-likeness (QED) is 0.878. The van der Waals surface area contributed by atoms with E-state index in [9.17, 15) is 13.2 Å². The Balaban J connectivity index is 1.72. The predicted octanol–water partition coefficient (Wildman–Crippen LogP) is 1.90. The maximum absolute atomic E-state index is 12.3. The molecule has 1 aromatic rings. The SMILES string of the molecule is CCCS(=O)(=O)N1CCc2ccc(NC(=O)C3CCCO3)cc2C1. The van der Waals surface area contributed by atoms with E-state index >= 15 is 0 Å². The van der Waals surface area contributed by atoms with Gasteiger partial charge in [-0.05, 0) is 48.9 Å². The van der Waals surface area contributed by atoms with Crippen molar-refractivity contribution in [3.63, 3.8) is 0 Å². The lowest BCUT2D eigenvalue weighted by atomic mass is 10.0. The van der Waals surface area contributed by atoms with E-state index in [4.69, 9.17) is 4.74 Å². The first kappa shape index (κ1) is 17.4. The van der Waals surface area contributed by atoms with Crippen LogP contribution in [0.2, 0.25) is 0 Å². The smallest absolute Gasteiger partial charge is 0.253 e. The van der Waals surface area contributed by atoms with Gasteiger partial charge in [-0.2, -0.15) is 4.31 Å². The molecule has 0 radical (unpaired) electrons. The number of hydrogen-bond donors (Lipinski definition) is 1. The lowest BCUT2D eigenvalue weighted by Crippen LogP contribution is -2.37. The van der Waals surface area contributed by atoms with Gasteiger partial charge in [0.05, 0.1) is 5.75 Å². The fourth-order valence-electron chi connectivity index (χ4n) is 3.24. The summed E-state index contributed by atoms with van der Waals surface area (Å²) in [4.78, 5) is 12.1. The number of amides is 1. The van der Waals surface area contributed by atoms with Crippen LogP contribution in [0.3, 0.4) is 0 Å². The average molecular weight is 352 g/mol. The number of carbonyl (C=O) groups is 1. The number of carbonyl (C=O) groups excluding carboxylic acids is 1. The molecule has 0 aliphatic carbocycles. The second kappa shape index (κ2) is 7.21. The number of benzene rings is 1. The van der Waals surface area contributed by atoms with E-state index in [1.165, 1.54) is 0 Å². The fourth-order valence-corrected chi connectivity index (χ4v) is 4.72. The lowest BCUT2D eigenvalue weighted by Gasteiger charge is -2.28. The summed E-state index contributed by atoms with van der Waals surface area (Å²) in [5, 5.41) is 2.88. The Labute approximate surface area is 143 Å². The molecule has 0 spiro atoms.